The second kappa shape index (κ2) is 8.47. The van der Waals surface area contributed by atoms with Crippen LogP contribution in [0.1, 0.15) is 39.5 Å². The SMILES string of the molecule is CCCCOP(Cl)(=[Se])OCCCC. The molecule has 0 N–H and O–H groups in total. The third-order valence-corrected chi connectivity index (χ3v) is 4.38. The van der Waals surface area contributed by atoms with Gasteiger partial charge in [0, 0.05) is 0 Å². The molecule has 0 spiro atoms. The van der Waals surface area contributed by atoms with Gasteiger partial charge in [0.2, 0.25) is 0 Å². The second-order valence-corrected chi connectivity index (χ2v) is 9.91. The summed E-state index contributed by atoms with van der Waals surface area (Å²) >= 11 is 8.82. The van der Waals surface area contributed by atoms with E-state index in [9.17, 15) is 0 Å². The Bertz CT molecular complexity index is 152. The first-order valence-electron chi connectivity index (χ1n) is 4.71. The Morgan fingerprint density at radius 2 is 1.46 bits per heavy atom. The molecule has 0 saturated carbocycles. The zero-order chi connectivity index (χ0) is 10.2. The summed E-state index contributed by atoms with van der Waals surface area (Å²) in [7, 11) is 0. The van der Waals surface area contributed by atoms with Crippen LogP contribution < -0.4 is 0 Å². The van der Waals surface area contributed by atoms with E-state index in [0.717, 1.165) is 25.7 Å². The molecule has 2 nitrogen and oxygen atoms in total. The van der Waals surface area contributed by atoms with E-state index < -0.39 is 5.32 Å². The number of rotatable bonds is 8. The van der Waals surface area contributed by atoms with Gasteiger partial charge in [-0.2, -0.15) is 0 Å². The molecule has 0 bridgehead atoms. The Labute approximate surface area is 93.5 Å². The Balaban J connectivity index is 3.49. The Morgan fingerprint density at radius 1 is 1.08 bits per heavy atom. The molecule has 80 valence electrons. The van der Waals surface area contributed by atoms with Gasteiger partial charge in [-0.1, -0.05) is 0 Å². The van der Waals surface area contributed by atoms with Gasteiger partial charge >= 0.3 is 93.4 Å². The summed E-state index contributed by atoms with van der Waals surface area (Å²) in [6.07, 6.45) is 4.30. The Kier molecular flexibility index (Phi) is 9.22. The summed E-state index contributed by atoms with van der Waals surface area (Å²) < 4.78 is 10.8. The quantitative estimate of drug-likeness (QED) is 0.386. The zero-order valence-electron chi connectivity index (χ0n) is 8.29. The molecule has 0 aromatic carbocycles. The van der Waals surface area contributed by atoms with Gasteiger partial charge in [0.05, 0.1) is 0 Å². The van der Waals surface area contributed by atoms with Gasteiger partial charge in [-0.3, -0.25) is 0 Å². The molecule has 0 aromatic heterocycles. The maximum atomic E-state index is 6.02. The van der Waals surface area contributed by atoms with Crippen molar-refractivity contribution in [1.29, 1.82) is 0 Å². The predicted molar refractivity (Wildman–Crippen MR) is 60.2 cm³/mol. The fourth-order valence-corrected chi connectivity index (χ4v) is 2.79. The summed E-state index contributed by atoms with van der Waals surface area (Å²) in [6, 6.07) is 0. The van der Waals surface area contributed by atoms with Gasteiger partial charge in [-0.05, 0) is 0 Å². The molecule has 0 heterocycles. The first-order chi connectivity index (χ1) is 6.12. The monoisotopic (exact) mass is 292 g/mol. The van der Waals surface area contributed by atoms with Crippen molar-refractivity contribution in [3.8, 4) is 0 Å². The van der Waals surface area contributed by atoms with Crippen molar-refractivity contribution < 1.29 is 9.05 Å². The Hall–Kier alpha value is 1.16. The summed E-state index contributed by atoms with van der Waals surface area (Å²) in [6.45, 7) is 5.61. The fraction of sp³-hybridized carbons (Fsp3) is 1.00. The fourth-order valence-electron chi connectivity index (χ4n) is 0.673. The summed E-state index contributed by atoms with van der Waals surface area (Å²) in [4.78, 5) is 0. The molecule has 0 aliphatic heterocycles. The first kappa shape index (κ1) is 14.2. The molecule has 0 saturated heterocycles. The van der Waals surface area contributed by atoms with E-state index in [-0.39, 0.29) is 0 Å². The molecule has 0 atom stereocenters. The average Bonchev–Trinajstić information content (AvgIpc) is 2.05. The molecule has 0 aromatic rings. The molecule has 5 heteroatoms. The molecule has 0 fully saturated rings. The molecule has 0 unspecified atom stereocenters. The van der Waals surface area contributed by atoms with Crippen molar-refractivity contribution in [1.82, 2.24) is 0 Å². The van der Waals surface area contributed by atoms with E-state index in [1.54, 1.807) is 0 Å². The minimum atomic E-state index is -2.15. The van der Waals surface area contributed by atoms with Gasteiger partial charge in [0.15, 0.2) is 0 Å². The molecule has 0 aliphatic rings. The summed E-state index contributed by atoms with van der Waals surface area (Å²) in [5.74, 6) is 0. The van der Waals surface area contributed by atoms with E-state index >= 15 is 0 Å². The van der Waals surface area contributed by atoms with Crippen LogP contribution in [-0.2, 0) is 9.05 Å². The van der Waals surface area contributed by atoms with Crippen LogP contribution >= 0.6 is 16.6 Å². The van der Waals surface area contributed by atoms with Crippen LogP contribution in [0.2, 0.25) is 0 Å². The van der Waals surface area contributed by atoms with E-state index in [1.165, 1.54) is 0 Å². The van der Waals surface area contributed by atoms with Crippen molar-refractivity contribution in [2.24, 2.45) is 0 Å². The van der Waals surface area contributed by atoms with Crippen molar-refractivity contribution in [2.45, 2.75) is 39.5 Å². The molecule has 0 rings (SSSR count). The van der Waals surface area contributed by atoms with E-state index in [2.05, 4.69) is 28.9 Å². The molecular weight excluding hydrogens is 273 g/mol. The van der Waals surface area contributed by atoms with Gasteiger partial charge < -0.3 is 0 Å². The number of halogens is 1. The summed E-state index contributed by atoms with van der Waals surface area (Å²) in [5, 5.41) is -2.15. The molecule has 13 heavy (non-hydrogen) atoms. The molecular formula is C8H18ClO2PSe. The van der Waals surface area contributed by atoms with Crippen molar-refractivity contribution in [3.63, 3.8) is 0 Å². The van der Waals surface area contributed by atoms with Gasteiger partial charge in [0.1, 0.15) is 0 Å². The van der Waals surface area contributed by atoms with E-state index in [4.69, 9.17) is 20.3 Å². The number of unbranched alkanes of at least 4 members (excludes halogenated alkanes) is 2. The van der Waals surface area contributed by atoms with Crippen LogP contribution in [0.25, 0.3) is 0 Å². The van der Waals surface area contributed by atoms with Gasteiger partial charge in [-0.25, -0.2) is 0 Å². The Morgan fingerprint density at radius 3 is 1.77 bits per heavy atom. The van der Waals surface area contributed by atoms with E-state index in [1.807, 2.05) is 0 Å². The molecule has 0 radical (unpaired) electrons. The van der Waals surface area contributed by atoms with Crippen LogP contribution in [0.5, 0.6) is 0 Å². The van der Waals surface area contributed by atoms with E-state index in [0.29, 0.717) is 13.2 Å². The first-order valence-corrected chi connectivity index (χ1v) is 9.45. The molecule has 0 amide bonds. The maximum absolute atomic E-state index is 6.02. The number of hydrogen-bond acceptors (Lipinski definition) is 2. The minimum absolute atomic E-state index is 0.687. The van der Waals surface area contributed by atoms with Crippen LogP contribution in [0, 0.1) is 0 Å². The van der Waals surface area contributed by atoms with Crippen molar-refractivity contribution in [2.75, 3.05) is 13.2 Å². The van der Waals surface area contributed by atoms with Crippen LogP contribution in [0.4, 0.5) is 0 Å². The third kappa shape index (κ3) is 9.46. The number of hydrogen-bond donors (Lipinski definition) is 0. The third-order valence-electron chi connectivity index (χ3n) is 1.49. The normalized spacial score (nSPS) is 11.9. The van der Waals surface area contributed by atoms with Gasteiger partial charge in [0.25, 0.3) is 0 Å². The van der Waals surface area contributed by atoms with Crippen LogP contribution in [0.3, 0.4) is 0 Å². The van der Waals surface area contributed by atoms with Crippen molar-refractivity contribution in [3.05, 3.63) is 0 Å². The second-order valence-electron chi connectivity index (χ2n) is 2.80. The topological polar surface area (TPSA) is 18.5 Å². The molecule has 0 aliphatic carbocycles. The predicted octanol–water partition coefficient (Wildman–Crippen LogP) is 3.70. The van der Waals surface area contributed by atoms with Crippen LogP contribution in [0.15, 0.2) is 0 Å². The zero-order valence-corrected chi connectivity index (χ0v) is 11.7. The van der Waals surface area contributed by atoms with Gasteiger partial charge in [-0.15, -0.1) is 0 Å². The summed E-state index contributed by atoms with van der Waals surface area (Å²) in [5.41, 5.74) is 0. The average molecular weight is 292 g/mol. The van der Waals surface area contributed by atoms with Crippen molar-refractivity contribution >= 4 is 31.7 Å². The standard InChI is InChI=1S/C8H18ClO2PSe/c1-3-5-7-10-12(9,13)11-8-6-4-2/h3-8H2,1-2H3. The van der Waals surface area contributed by atoms with Crippen LogP contribution in [-0.4, -0.2) is 28.3 Å².